The third-order valence-electron chi connectivity index (χ3n) is 6.11. The number of cyclic esters (lactones) is 1. The highest BCUT2D eigenvalue weighted by Gasteiger charge is 2.34. The summed E-state index contributed by atoms with van der Waals surface area (Å²) < 4.78 is 32.6. The van der Waals surface area contributed by atoms with Crippen molar-refractivity contribution in [2.24, 2.45) is 7.05 Å². The van der Waals surface area contributed by atoms with E-state index in [1.54, 1.807) is 27.0 Å². The smallest absolute Gasteiger partial charge is 0.416 e. The van der Waals surface area contributed by atoms with Crippen LogP contribution in [0.3, 0.4) is 0 Å². The van der Waals surface area contributed by atoms with Crippen molar-refractivity contribution in [3.8, 4) is 11.6 Å². The number of hydrogen-bond acceptors (Lipinski definition) is 9. The van der Waals surface area contributed by atoms with Gasteiger partial charge < -0.3 is 29.4 Å². The van der Waals surface area contributed by atoms with E-state index in [1.165, 1.54) is 27.8 Å². The van der Waals surface area contributed by atoms with Gasteiger partial charge in [0.1, 0.15) is 12.2 Å². The molecule has 4 heterocycles. The Labute approximate surface area is 210 Å². The van der Waals surface area contributed by atoms with E-state index in [-0.39, 0.29) is 47.9 Å². The molecular weight excluding hydrogens is 487 g/mol. The normalized spacial score (nSPS) is 17.7. The summed E-state index contributed by atoms with van der Waals surface area (Å²) in [7, 11) is 1.58. The number of carbonyl (C=O) groups excluding carboxylic acids is 2. The second kappa shape index (κ2) is 9.65. The molecule has 1 unspecified atom stereocenters. The Morgan fingerprint density at radius 2 is 2.14 bits per heavy atom. The molecule has 0 bridgehead atoms. The molecule has 1 fully saturated rings. The summed E-state index contributed by atoms with van der Waals surface area (Å²) in [4.78, 5) is 45.8. The fourth-order valence-corrected chi connectivity index (χ4v) is 4.27. The average Bonchev–Trinajstić information content (AvgIpc) is 3.23. The number of amides is 2. The zero-order valence-corrected chi connectivity index (χ0v) is 20.4. The molecule has 2 N–H and O–H groups in total. The van der Waals surface area contributed by atoms with Crippen molar-refractivity contribution in [3.63, 3.8) is 0 Å². The van der Waals surface area contributed by atoms with Crippen molar-refractivity contribution >= 4 is 34.5 Å². The minimum atomic E-state index is -0.595. The predicted octanol–water partition coefficient (Wildman–Crippen LogP) is 1.49. The van der Waals surface area contributed by atoms with Crippen LogP contribution in [0.1, 0.15) is 12.5 Å². The van der Waals surface area contributed by atoms with Crippen LogP contribution in [0.15, 0.2) is 29.2 Å². The van der Waals surface area contributed by atoms with Gasteiger partial charge in [0.2, 0.25) is 0 Å². The van der Waals surface area contributed by atoms with Crippen LogP contribution in [0.25, 0.3) is 10.9 Å². The van der Waals surface area contributed by atoms with Crippen molar-refractivity contribution in [2.75, 3.05) is 36.5 Å². The molecule has 37 heavy (non-hydrogen) atoms. The van der Waals surface area contributed by atoms with Gasteiger partial charge in [-0.2, -0.15) is 0 Å². The summed E-state index contributed by atoms with van der Waals surface area (Å²) in [5.41, 5.74) is 0.877. The van der Waals surface area contributed by atoms with Gasteiger partial charge in [0.15, 0.2) is 29.8 Å². The number of halogens is 1. The average molecular weight is 512 g/mol. The van der Waals surface area contributed by atoms with E-state index in [4.69, 9.17) is 14.2 Å². The summed E-state index contributed by atoms with van der Waals surface area (Å²) in [6, 6.07) is 4.45. The molecular formula is C24H25FN6O6. The molecule has 1 aromatic carbocycles. The van der Waals surface area contributed by atoms with E-state index in [0.717, 1.165) is 10.9 Å². The molecule has 2 amide bonds. The molecule has 2 atom stereocenters. The molecule has 2 aliphatic rings. The van der Waals surface area contributed by atoms with Crippen molar-refractivity contribution in [2.45, 2.75) is 26.1 Å². The van der Waals surface area contributed by atoms with E-state index in [0.29, 0.717) is 18.6 Å². The van der Waals surface area contributed by atoms with Gasteiger partial charge >= 0.3 is 6.09 Å². The zero-order chi connectivity index (χ0) is 26.3. The number of ether oxygens (including phenoxy) is 3. The number of hydrogen-bond donors (Lipinski definition) is 2. The quantitative estimate of drug-likeness (QED) is 0.482. The van der Waals surface area contributed by atoms with Gasteiger partial charge in [-0.1, -0.05) is 0 Å². The standard InChI is InChI=1S/C24H25FN6O6/c1-12-6-19(33)30(3)20-15(12)4-5-16(25)21(20)36-13(2)7-26-8-14-10-31(24(34)37-14)17-9-27-23-22(28-17)29-18(32)11-35-23/h4-6,9,13-14,26H,7-8,10-11H2,1-3H3,(H,28,29,32)/t13?,14-/m0/s1. The summed E-state index contributed by atoms with van der Waals surface area (Å²) in [6.07, 6.45) is -0.167. The van der Waals surface area contributed by atoms with E-state index in [1.807, 2.05) is 0 Å². The Kier molecular flexibility index (Phi) is 6.38. The summed E-state index contributed by atoms with van der Waals surface area (Å²) in [5, 5.41) is 6.45. The van der Waals surface area contributed by atoms with Crippen LogP contribution >= 0.6 is 0 Å². The monoisotopic (exact) mass is 512 g/mol. The van der Waals surface area contributed by atoms with Crippen LogP contribution in [0.4, 0.5) is 20.8 Å². The SMILES string of the molecule is Cc1cc(=O)n(C)c2c(OC(C)CNC[C@H]3CN(c4cnc5c(n4)NC(=O)CO5)C(=O)O3)c(F)ccc12. The van der Waals surface area contributed by atoms with Gasteiger partial charge in [-0.25, -0.2) is 19.2 Å². The van der Waals surface area contributed by atoms with E-state index >= 15 is 0 Å². The highest BCUT2D eigenvalue weighted by molar-refractivity contribution is 5.94. The fraction of sp³-hybridized carbons (Fsp3) is 0.375. The maximum atomic E-state index is 14.7. The molecule has 12 nitrogen and oxygen atoms in total. The van der Waals surface area contributed by atoms with Crippen LogP contribution in [0.2, 0.25) is 0 Å². The first-order chi connectivity index (χ1) is 17.7. The Bertz CT molecular complexity index is 1460. The van der Waals surface area contributed by atoms with Crippen molar-refractivity contribution in [3.05, 3.63) is 46.1 Å². The van der Waals surface area contributed by atoms with Crippen molar-refractivity contribution < 1.29 is 28.2 Å². The second-order valence-electron chi connectivity index (χ2n) is 8.92. The minimum absolute atomic E-state index is 0.00984. The number of aromatic nitrogens is 3. The number of fused-ring (bicyclic) bond motifs is 2. The summed E-state index contributed by atoms with van der Waals surface area (Å²) in [6.45, 7) is 4.26. The minimum Gasteiger partial charge on any atom is -0.484 e. The number of carbonyl (C=O) groups is 2. The fourth-order valence-electron chi connectivity index (χ4n) is 4.27. The number of anilines is 2. The predicted molar refractivity (Wildman–Crippen MR) is 131 cm³/mol. The van der Waals surface area contributed by atoms with Gasteiger partial charge in [0, 0.05) is 31.6 Å². The molecule has 0 radical (unpaired) electrons. The summed E-state index contributed by atoms with van der Waals surface area (Å²) in [5.74, 6) is -0.365. The highest BCUT2D eigenvalue weighted by atomic mass is 19.1. The highest BCUT2D eigenvalue weighted by Crippen LogP contribution is 2.30. The lowest BCUT2D eigenvalue weighted by Crippen LogP contribution is -2.36. The largest absolute Gasteiger partial charge is 0.484 e. The van der Waals surface area contributed by atoms with Crippen molar-refractivity contribution in [1.29, 1.82) is 0 Å². The van der Waals surface area contributed by atoms with Gasteiger partial charge in [0.05, 0.1) is 18.3 Å². The van der Waals surface area contributed by atoms with Crippen LogP contribution in [0.5, 0.6) is 11.6 Å². The number of nitrogens with one attached hydrogen (secondary N) is 2. The molecule has 0 spiro atoms. The molecule has 0 aliphatic carbocycles. The lowest BCUT2D eigenvalue weighted by Gasteiger charge is -2.20. The van der Waals surface area contributed by atoms with Crippen molar-refractivity contribution in [1.82, 2.24) is 19.9 Å². The molecule has 13 heteroatoms. The van der Waals surface area contributed by atoms with Crippen LogP contribution in [0, 0.1) is 12.7 Å². The molecule has 5 rings (SSSR count). The topological polar surface area (TPSA) is 137 Å². The first-order valence-corrected chi connectivity index (χ1v) is 11.7. The van der Waals surface area contributed by atoms with Gasteiger partial charge in [-0.3, -0.25) is 14.5 Å². The van der Waals surface area contributed by atoms with Gasteiger partial charge in [-0.05, 0) is 31.5 Å². The van der Waals surface area contributed by atoms with E-state index in [9.17, 15) is 18.8 Å². The number of benzene rings is 1. The molecule has 194 valence electrons. The summed E-state index contributed by atoms with van der Waals surface area (Å²) >= 11 is 0. The molecule has 0 saturated carbocycles. The third-order valence-corrected chi connectivity index (χ3v) is 6.11. The molecule has 1 saturated heterocycles. The maximum Gasteiger partial charge on any atom is 0.416 e. The molecule has 3 aromatic rings. The number of aryl methyl sites for hydroxylation is 2. The van der Waals surface area contributed by atoms with Gasteiger partial charge in [-0.15, -0.1) is 0 Å². The Balaban J connectivity index is 1.20. The maximum absolute atomic E-state index is 14.7. The Morgan fingerprint density at radius 3 is 2.95 bits per heavy atom. The van der Waals surface area contributed by atoms with Crippen LogP contribution < -0.4 is 30.6 Å². The third kappa shape index (κ3) is 4.77. The number of rotatable bonds is 7. The molecule has 2 aromatic heterocycles. The lowest BCUT2D eigenvalue weighted by molar-refractivity contribution is -0.118. The number of pyridine rings is 1. The van der Waals surface area contributed by atoms with E-state index in [2.05, 4.69) is 20.6 Å². The zero-order valence-electron chi connectivity index (χ0n) is 20.4. The lowest BCUT2D eigenvalue weighted by atomic mass is 10.1. The second-order valence-corrected chi connectivity index (χ2v) is 8.92. The van der Waals surface area contributed by atoms with Crippen LogP contribution in [-0.2, 0) is 16.6 Å². The van der Waals surface area contributed by atoms with E-state index < -0.39 is 24.1 Å². The Hall–Kier alpha value is -4.26. The molecule has 2 aliphatic heterocycles. The van der Waals surface area contributed by atoms with Crippen LogP contribution in [-0.4, -0.2) is 65.0 Å². The first kappa shape index (κ1) is 24.4. The Morgan fingerprint density at radius 1 is 1.32 bits per heavy atom. The van der Waals surface area contributed by atoms with Gasteiger partial charge in [0.25, 0.3) is 17.3 Å². The first-order valence-electron chi connectivity index (χ1n) is 11.7. The number of nitrogens with zero attached hydrogens (tertiary/aromatic N) is 4.